The molecule has 1 aliphatic heterocycles. The van der Waals surface area contributed by atoms with Gasteiger partial charge in [-0.1, -0.05) is 43.1 Å². The van der Waals surface area contributed by atoms with E-state index in [0.717, 1.165) is 34.5 Å². The molecule has 0 fully saturated rings. The zero-order valence-electron chi connectivity index (χ0n) is 42.1. The fourth-order valence-electron chi connectivity index (χ4n) is 8.00. The number of carbonyl (C=O) groups excluding carboxylic acids is 5. The molecule has 19 heteroatoms. The monoisotopic (exact) mass is 1030 g/mol. The highest BCUT2D eigenvalue weighted by Gasteiger charge is 2.33. The predicted octanol–water partition coefficient (Wildman–Crippen LogP) is 6.79. The molecule has 4 N–H and O–H groups in total. The Balaban J connectivity index is 0.833. The molecule has 5 amide bonds. The van der Waals surface area contributed by atoms with Gasteiger partial charge in [0.1, 0.15) is 18.2 Å². The molecule has 18 nitrogen and oxygen atoms in total. The van der Waals surface area contributed by atoms with Crippen LogP contribution in [-0.2, 0) is 42.9 Å². The number of fused-ring (bicyclic) bond motifs is 1. The van der Waals surface area contributed by atoms with Gasteiger partial charge < -0.3 is 59.5 Å². The Kier molecular flexibility index (Phi) is 24.4. The highest BCUT2D eigenvalue weighted by molar-refractivity contribution is 6.30. The zero-order valence-corrected chi connectivity index (χ0v) is 42.9. The summed E-state index contributed by atoms with van der Waals surface area (Å²) in [5, 5.41) is 21.5. The second-order valence-corrected chi connectivity index (χ2v) is 17.6. The summed E-state index contributed by atoms with van der Waals surface area (Å²) in [5.74, 6) is -0.847. The molecule has 0 aliphatic carbocycles. The van der Waals surface area contributed by atoms with E-state index in [9.17, 15) is 24.0 Å². The number of amides is 5. The van der Waals surface area contributed by atoms with Crippen LogP contribution >= 0.6 is 11.6 Å². The average Bonchev–Trinajstić information content (AvgIpc) is 3.38. The highest BCUT2D eigenvalue weighted by atomic mass is 35.5. The van der Waals surface area contributed by atoms with Crippen LogP contribution in [0.1, 0.15) is 68.4 Å². The fourth-order valence-corrected chi connectivity index (χ4v) is 8.13. The van der Waals surface area contributed by atoms with Gasteiger partial charge in [-0.15, -0.1) is 0 Å². The molecule has 1 unspecified atom stereocenters. The molecule has 392 valence electrons. The van der Waals surface area contributed by atoms with E-state index in [4.69, 9.17) is 45.3 Å². The number of rotatable bonds is 31. The van der Waals surface area contributed by atoms with Crippen molar-refractivity contribution in [3.8, 4) is 22.9 Å². The Morgan fingerprint density at radius 2 is 1.32 bits per heavy atom. The minimum Gasteiger partial charge on any atom is -0.484 e. The molecule has 0 aromatic heterocycles. The number of nitrogens with zero attached hydrogens (tertiary/aromatic N) is 3. The number of anilines is 3. The van der Waals surface area contributed by atoms with Gasteiger partial charge in [0, 0.05) is 60.8 Å². The van der Waals surface area contributed by atoms with Crippen LogP contribution in [0.25, 0.3) is 11.1 Å². The van der Waals surface area contributed by atoms with Gasteiger partial charge in [0.25, 0.3) is 11.8 Å². The summed E-state index contributed by atoms with van der Waals surface area (Å²) in [6, 6.07) is 28.8. The lowest BCUT2D eigenvalue weighted by atomic mass is 9.88. The summed E-state index contributed by atoms with van der Waals surface area (Å²) in [5.41, 5.74) is 5.83. The smallest absolute Gasteiger partial charge is 0.258 e. The molecule has 5 rings (SSSR count). The molecular weight excluding hydrogens is 958 g/mol. The van der Waals surface area contributed by atoms with E-state index >= 15 is 0 Å². The van der Waals surface area contributed by atoms with Crippen LogP contribution in [0.4, 0.5) is 17.1 Å². The Morgan fingerprint density at radius 3 is 1.89 bits per heavy atom. The van der Waals surface area contributed by atoms with Crippen molar-refractivity contribution in [2.24, 2.45) is 0 Å². The van der Waals surface area contributed by atoms with Crippen molar-refractivity contribution in [3.05, 3.63) is 107 Å². The van der Waals surface area contributed by atoms with Crippen LogP contribution in [0.3, 0.4) is 0 Å². The van der Waals surface area contributed by atoms with Gasteiger partial charge in [0.05, 0.1) is 78.2 Å². The third kappa shape index (κ3) is 19.1. The summed E-state index contributed by atoms with van der Waals surface area (Å²) >= 11 is 6.12. The molecule has 0 radical (unpaired) electrons. The van der Waals surface area contributed by atoms with Crippen molar-refractivity contribution >= 4 is 58.2 Å². The molecule has 1 heterocycles. The van der Waals surface area contributed by atoms with Crippen LogP contribution in [0, 0.1) is 11.3 Å². The maximum atomic E-state index is 12.9. The molecule has 4 aromatic carbocycles. The summed E-state index contributed by atoms with van der Waals surface area (Å²) < 4.78 is 33.3. The van der Waals surface area contributed by atoms with Gasteiger partial charge in [-0.2, -0.15) is 5.26 Å². The topological polar surface area (TPSA) is 219 Å². The molecule has 0 bridgehead atoms. The van der Waals surface area contributed by atoms with Crippen molar-refractivity contribution in [1.29, 1.82) is 5.26 Å². The summed E-state index contributed by atoms with van der Waals surface area (Å²) in [6.45, 7) is 9.75. The van der Waals surface area contributed by atoms with Gasteiger partial charge in [-0.25, -0.2) is 0 Å². The Labute approximate surface area is 432 Å². The molecule has 73 heavy (non-hydrogen) atoms. The minimum atomic E-state index is -0.703. The standard InChI is InChI=1S/C54H68ClN7O11/c1-5-6-50(61(4)52(65)21-22-56)54(67)60-45-16-18-46(19-17-45)73-37-51(64)57-23-25-68-27-29-70-31-33-72-34-32-71-30-28-69-26-24-58-53(66)41-9-7-40(8-10-41)42-11-20-49-47(36-42)48(35-38(2)62(49)39(3)63)59-44-14-12-43(55)13-15-44/h7-20,36,38,48,50,59H,5-6,21,23-35,37H2,1-4H3,(H,57,64)(H,58,66)(H,60,67)/t38-,48+,50?/m0/s1. The number of nitrogens with one attached hydrogen (secondary N) is 4. The molecular formula is C54H68ClN7O11. The fraction of sp³-hybridized carbons (Fsp3) is 0.444. The predicted molar refractivity (Wildman–Crippen MR) is 279 cm³/mol. The SMILES string of the molecule is CCCC(C(=O)Nc1ccc(OCC(=O)NCCOCCOCCOCCOCCOCCNC(=O)c2ccc(-c3ccc4c(c3)[C@H](Nc3ccc(Cl)cc3)C[C@H](C)N4C(C)=O)cc2)cc1)N(C)C(=O)CC#N. The van der Waals surface area contributed by atoms with Gasteiger partial charge in [0.15, 0.2) is 6.61 Å². The first-order chi connectivity index (χ1) is 35.4. The minimum absolute atomic E-state index is 0.000638. The number of hydrogen-bond donors (Lipinski definition) is 4. The van der Waals surface area contributed by atoms with E-state index in [1.54, 1.807) is 43.3 Å². The second kappa shape index (κ2) is 31.1. The first-order valence-electron chi connectivity index (χ1n) is 24.5. The van der Waals surface area contributed by atoms with Crippen LogP contribution in [0.5, 0.6) is 5.75 Å². The molecule has 3 atom stereocenters. The maximum absolute atomic E-state index is 12.9. The first-order valence-corrected chi connectivity index (χ1v) is 24.9. The number of carbonyl (C=O) groups is 5. The first kappa shape index (κ1) is 57.3. The Morgan fingerprint density at radius 1 is 0.753 bits per heavy atom. The quantitative estimate of drug-likeness (QED) is 0.0382. The van der Waals surface area contributed by atoms with Crippen LogP contribution in [0.15, 0.2) is 91.0 Å². The summed E-state index contributed by atoms with van der Waals surface area (Å²) in [7, 11) is 1.51. The van der Waals surface area contributed by atoms with Gasteiger partial charge >= 0.3 is 0 Å². The van der Waals surface area contributed by atoms with Crippen molar-refractivity contribution in [3.63, 3.8) is 0 Å². The van der Waals surface area contributed by atoms with Gasteiger partial charge in [-0.3, -0.25) is 24.0 Å². The number of hydrogen-bond acceptors (Lipinski definition) is 13. The molecule has 1 aliphatic rings. The number of benzene rings is 4. The average molecular weight is 1030 g/mol. The number of halogens is 1. The normalized spacial score (nSPS) is 14.3. The van der Waals surface area contributed by atoms with E-state index in [-0.39, 0.29) is 48.7 Å². The third-order valence-electron chi connectivity index (χ3n) is 11.7. The highest BCUT2D eigenvalue weighted by Crippen LogP contribution is 2.41. The number of ether oxygens (including phenoxy) is 6. The van der Waals surface area contributed by atoms with Crippen molar-refractivity contribution in [2.45, 2.75) is 64.6 Å². The Bertz CT molecular complexity index is 2420. The summed E-state index contributed by atoms with van der Waals surface area (Å²) in [6.07, 6.45) is 1.57. The zero-order chi connectivity index (χ0) is 52.4. The van der Waals surface area contributed by atoms with E-state index in [1.165, 1.54) is 11.9 Å². The molecule has 0 spiro atoms. The lowest BCUT2D eigenvalue weighted by Crippen LogP contribution is -2.44. The van der Waals surface area contributed by atoms with Crippen LogP contribution in [-0.4, -0.2) is 139 Å². The largest absolute Gasteiger partial charge is 0.484 e. The third-order valence-corrected chi connectivity index (χ3v) is 12.0. The van der Waals surface area contributed by atoms with Crippen molar-refractivity contribution in [1.82, 2.24) is 15.5 Å². The maximum Gasteiger partial charge on any atom is 0.258 e. The Hall–Kier alpha value is -6.59. The summed E-state index contributed by atoms with van der Waals surface area (Å²) in [4.78, 5) is 65.9. The van der Waals surface area contributed by atoms with Crippen molar-refractivity contribution < 1.29 is 52.4 Å². The van der Waals surface area contributed by atoms with Crippen molar-refractivity contribution in [2.75, 3.05) is 108 Å². The van der Waals surface area contributed by atoms with E-state index in [2.05, 4.69) is 34.3 Å². The number of likely N-dealkylation sites (N-methyl/N-ethyl adjacent to an activating group) is 1. The second-order valence-electron chi connectivity index (χ2n) is 17.1. The van der Waals surface area contributed by atoms with Crippen LogP contribution in [0.2, 0.25) is 5.02 Å². The lowest BCUT2D eigenvalue weighted by Gasteiger charge is -2.39. The molecule has 0 saturated carbocycles. The number of nitriles is 1. The lowest BCUT2D eigenvalue weighted by molar-refractivity contribution is -0.136. The van der Waals surface area contributed by atoms with Crippen LogP contribution < -0.4 is 30.9 Å². The van der Waals surface area contributed by atoms with Gasteiger partial charge in [0.2, 0.25) is 17.7 Å². The van der Waals surface area contributed by atoms with E-state index in [0.29, 0.717) is 114 Å². The van der Waals surface area contributed by atoms with E-state index in [1.807, 2.05) is 66.4 Å². The van der Waals surface area contributed by atoms with Gasteiger partial charge in [-0.05, 0) is 109 Å². The molecule has 0 saturated heterocycles. The van der Waals surface area contributed by atoms with E-state index < -0.39 is 11.9 Å². The molecule has 4 aromatic rings.